The first kappa shape index (κ1) is 17.5. The Labute approximate surface area is 159 Å². The smallest absolute Gasteiger partial charge is 0.290 e. The standard InChI is InChI=1S/C21H17NO4S/c23-11-10-22-18(15-8-3-6-13-5-1-2-7-14(13)15)17(20(25)21(22)26)19(24)16-9-4-12-27-16/h1-9,12,18,23,25H,10-11H2/t18-/m1/s1. The summed E-state index contributed by atoms with van der Waals surface area (Å²) >= 11 is 1.26. The van der Waals surface area contributed by atoms with E-state index < -0.39 is 17.7 Å². The van der Waals surface area contributed by atoms with Crippen molar-refractivity contribution >= 4 is 33.8 Å². The lowest BCUT2D eigenvalue weighted by Gasteiger charge is -2.27. The fourth-order valence-electron chi connectivity index (χ4n) is 3.58. The maximum absolute atomic E-state index is 13.1. The number of fused-ring (bicyclic) bond motifs is 1. The first-order valence-corrected chi connectivity index (χ1v) is 9.42. The maximum atomic E-state index is 13.1. The Balaban J connectivity index is 1.92. The molecule has 0 saturated carbocycles. The lowest BCUT2D eigenvalue weighted by Crippen LogP contribution is -2.33. The van der Waals surface area contributed by atoms with Gasteiger partial charge in [0.2, 0.25) is 5.78 Å². The Morgan fingerprint density at radius 3 is 2.59 bits per heavy atom. The number of benzene rings is 2. The number of carbonyl (C=O) groups excluding carboxylic acids is 2. The van der Waals surface area contributed by atoms with Crippen molar-refractivity contribution in [2.24, 2.45) is 0 Å². The molecule has 27 heavy (non-hydrogen) atoms. The first-order valence-electron chi connectivity index (χ1n) is 8.54. The number of aliphatic hydroxyl groups excluding tert-OH is 2. The number of β-amino-alcohol motifs (C(OH)–C–C–N with tert-alkyl or cyclic N) is 1. The summed E-state index contributed by atoms with van der Waals surface area (Å²) in [6, 6.07) is 16.0. The summed E-state index contributed by atoms with van der Waals surface area (Å²) in [6.07, 6.45) is 0. The average molecular weight is 379 g/mol. The van der Waals surface area contributed by atoms with Crippen molar-refractivity contribution in [1.82, 2.24) is 4.90 Å². The molecule has 0 spiro atoms. The highest BCUT2D eigenvalue weighted by Crippen LogP contribution is 2.41. The number of hydrogen-bond donors (Lipinski definition) is 2. The van der Waals surface area contributed by atoms with E-state index >= 15 is 0 Å². The van der Waals surface area contributed by atoms with E-state index in [2.05, 4.69) is 0 Å². The van der Waals surface area contributed by atoms with E-state index in [0.29, 0.717) is 4.88 Å². The molecule has 0 saturated heterocycles. The third kappa shape index (κ3) is 2.83. The number of thiophene rings is 1. The molecule has 5 nitrogen and oxygen atoms in total. The summed E-state index contributed by atoms with van der Waals surface area (Å²) in [6.45, 7) is -0.237. The Hall–Kier alpha value is -2.96. The Morgan fingerprint density at radius 2 is 1.85 bits per heavy atom. The van der Waals surface area contributed by atoms with Gasteiger partial charge in [-0.2, -0.15) is 0 Å². The second kappa shape index (κ2) is 6.98. The number of ketones is 1. The van der Waals surface area contributed by atoms with E-state index in [9.17, 15) is 19.8 Å². The maximum Gasteiger partial charge on any atom is 0.290 e. The topological polar surface area (TPSA) is 77.8 Å². The van der Waals surface area contributed by atoms with Crippen LogP contribution in [-0.4, -0.2) is 40.0 Å². The molecule has 0 bridgehead atoms. The van der Waals surface area contributed by atoms with Gasteiger partial charge in [-0.25, -0.2) is 0 Å². The predicted molar refractivity (Wildman–Crippen MR) is 104 cm³/mol. The van der Waals surface area contributed by atoms with Crippen LogP contribution in [-0.2, 0) is 4.79 Å². The van der Waals surface area contributed by atoms with E-state index in [1.165, 1.54) is 16.2 Å². The molecule has 2 N–H and O–H groups in total. The fraction of sp³-hybridized carbons (Fsp3) is 0.143. The van der Waals surface area contributed by atoms with E-state index in [1.807, 2.05) is 42.5 Å². The van der Waals surface area contributed by atoms with Gasteiger partial charge < -0.3 is 15.1 Å². The van der Waals surface area contributed by atoms with Gasteiger partial charge in [-0.15, -0.1) is 11.3 Å². The SMILES string of the molecule is O=C(C1=C(O)C(=O)N(CCO)[C@@H]1c1cccc2ccccc12)c1cccs1. The molecule has 2 heterocycles. The van der Waals surface area contributed by atoms with Gasteiger partial charge in [0.15, 0.2) is 5.76 Å². The van der Waals surface area contributed by atoms with Gasteiger partial charge >= 0.3 is 0 Å². The molecule has 1 amide bonds. The lowest BCUT2D eigenvalue weighted by atomic mass is 9.91. The average Bonchev–Trinajstić information content (AvgIpc) is 3.31. The summed E-state index contributed by atoms with van der Waals surface area (Å²) in [5.74, 6) is -1.55. The van der Waals surface area contributed by atoms with Crippen LogP contribution in [0.5, 0.6) is 0 Å². The van der Waals surface area contributed by atoms with Gasteiger partial charge in [-0.05, 0) is 27.8 Å². The van der Waals surface area contributed by atoms with Crippen LogP contribution in [0.2, 0.25) is 0 Å². The normalized spacial score (nSPS) is 17.1. The summed E-state index contributed by atoms with van der Waals surface area (Å²) in [4.78, 5) is 27.6. The van der Waals surface area contributed by atoms with Gasteiger partial charge in [-0.1, -0.05) is 48.5 Å². The zero-order valence-electron chi connectivity index (χ0n) is 14.3. The van der Waals surface area contributed by atoms with Crippen molar-refractivity contribution in [3.05, 3.63) is 81.8 Å². The van der Waals surface area contributed by atoms with E-state index in [0.717, 1.165) is 16.3 Å². The molecule has 136 valence electrons. The highest BCUT2D eigenvalue weighted by molar-refractivity contribution is 7.12. The number of amides is 1. The van der Waals surface area contributed by atoms with Gasteiger partial charge in [0.05, 0.1) is 23.1 Å². The summed E-state index contributed by atoms with van der Waals surface area (Å²) in [7, 11) is 0. The minimum absolute atomic E-state index is 0.0258. The molecule has 0 fully saturated rings. The molecule has 3 aromatic rings. The number of rotatable bonds is 5. The van der Waals surface area contributed by atoms with Crippen LogP contribution in [0.4, 0.5) is 0 Å². The minimum atomic E-state index is -0.745. The number of carbonyl (C=O) groups is 2. The van der Waals surface area contributed by atoms with Gasteiger partial charge in [0, 0.05) is 6.54 Å². The van der Waals surface area contributed by atoms with E-state index in [1.54, 1.807) is 17.5 Å². The van der Waals surface area contributed by atoms with Crippen molar-refractivity contribution in [2.75, 3.05) is 13.2 Å². The minimum Gasteiger partial charge on any atom is -0.503 e. The van der Waals surface area contributed by atoms with Crippen LogP contribution < -0.4 is 0 Å². The molecular formula is C21H17NO4S. The second-order valence-corrected chi connectivity index (χ2v) is 7.21. The van der Waals surface area contributed by atoms with Crippen molar-refractivity contribution in [3.8, 4) is 0 Å². The molecule has 0 radical (unpaired) electrons. The van der Waals surface area contributed by atoms with Crippen LogP contribution in [0.15, 0.2) is 71.3 Å². The van der Waals surface area contributed by atoms with E-state index in [4.69, 9.17) is 0 Å². The molecule has 4 rings (SSSR count). The van der Waals surface area contributed by atoms with Crippen molar-refractivity contribution in [2.45, 2.75) is 6.04 Å². The van der Waals surface area contributed by atoms with E-state index in [-0.39, 0.29) is 24.5 Å². The molecule has 1 aromatic heterocycles. The van der Waals surface area contributed by atoms with Crippen LogP contribution >= 0.6 is 11.3 Å². The monoisotopic (exact) mass is 379 g/mol. The summed E-state index contributed by atoms with van der Waals surface area (Å²) in [5.41, 5.74) is 0.811. The second-order valence-electron chi connectivity index (χ2n) is 6.26. The highest BCUT2D eigenvalue weighted by atomic mass is 32.1. The number of nitrogens with zero attached hydrogens (tertiary/aromatic N) is 1. The molecule has 1 atom stereocenters. The Kier molecular flexibility index (Phi) is 4.51. The third-order valence-electron chi connectivity index (χ3n) is 4.75. The molecule has 6 heteroatoms. The number of Topliss-reactive ketones (excluding diaryl/α,β-unsaturated/α-hetero) is 1. The summed E-state index contributed by atoms with van der Waals surface area (Å²) < 4.78 is 0. The molecule has 1 aliphatic heterocycles. The van der Waals surface area contributed by atoms with Crippen LogP contribution in [0.25, 0.3) is 10.8 Å². The van der Waals surface area contributed by atoms with Gasteiger partial charge in [-0.3, -0.25) is 9.59 Å². The van der Waals surface area contributed by atoms with Crippen molar-refractivity contribution < 1.29 is 19.8 Å². The Morgan fingerprint density at radius 1 is 1.07 bits per heavy atom. The quantitative estimate of drug-likeness (QED) is 0.666. The lowest BCUT2D eigenvalue weighted by molar-refractivity contribution is -0.129. The predicted octanol–water partition coefficient (Wildman–Crippen LogP) is 3.47. The Bertz CT molecular complexity index is 1050. The largest absolute Gasteiger partial charge is 0.503 e. The van der Waals surface area contributed by atoms with Crippen LogP contribution in [0.3, 0.4) is 0 Å². The van der Waals surface area contributed by atoms with Gasteiger partial charge in [0.25, 0.3) is 5.91 Å². The highest BCUT2D eigenvalue weighted by Gasteiger charge is 2.44. The van der Waals surface area contributed by atoms with Gasteiger partial charge in [0.1, 0.15) is 0 Å². The number of aliphatic hydroxyl groups is 2. The van der Waals surface area contributed by atoms with Crippen molar-refractivity contribution in [1.29, 1.82) is 0 Å². The molecule has 0 unspecified atom stereocenters. The van der Waals surface area contributed by atoms with Crippen LogP contribution in [0, 0.1) is 0 Å². The summed E-state index contributed by atoms with van der Waals surface area (Å²) in [5, 5.41) is 23.6. The third-order valence-corrected chi connectivity index (χ3v) is 5.62. The van der Waals surface area contributed by atoms with Crippen molar-refractivity contribution in [3.63, 3.8) is 0 Å². The zero-order chi connectivity index (χ0) is 19.0. The molecule has 2 aromatic carbocycles. The fourth-order valence-corrected chi connectivity index (χ4v) is 4.25. The van der Waals surface area contributed by atoms with Crippen LogP contribution in [0.1, 0.15) is 21.3 Å². The number of hydrogen-bond acceptors (Lipinski definition) is 5. The molecule has 1 aliphatic rings. The first-order chi connectivity index (χ1) is 13.1. The zero-order valence-corrected chi connectivity index (χ0v) is 15.1. The molecular weight excluding hydrogens is 362 g/mol. The molecule has 0 aliphatic carbocycles.